The second-order valence-electron chi connectivity index (χ2n) is 8.61. The molecule has 0 radical (unpaired) electrons. The summed E-state index contributed by atoms with van der Waals surface area (Å²) < 4.78 is 10.8. The number of pyridine rings is 1. The lowest BCUT2D eigenvalue weighted by Crippen LogP contribution is -2.47. The van der Waals surface area contributed by atoms with Gasteiger partial charge in [0.05, 0.1) is 24.9 Å². The number of anilines is 2. The number of para-hydroxylation sites is 1. The summed E-state index contributed by atoms with van der Waals surface area (Å²) in [6.07, 6.45) is 0.567. The van der Waals surface area contributed by atoms with Gasteiger partial charge >= 0.3 is 6.09 Å². The number of hydrogen-bond donors (Lipinski definition) is 0. The van der Waals surface area contributed by atoms with Gasteiger partial charge in [-0.05, 0) is 49.2 Å². The Morgan fingerprint density at radius 1 is 0.970 bits per heavy atom. The fourth-order valence-electron chi connectivity index (χ4n) is 4.84. The van der Waals surface area contributed by atoms with Crippen LogP contribution in [0.1, 0.15) is 11.3 Å². The molecule has 1 amide bonds. The van der Waals surface area contributed by atoms with Crippen LogP contribution in [-0.4, -0.2) is 69.0 Å². The van der Waals surface area contributed by atoms with Crippen LogP contribution < -0.4 is 14.5 Å². The second-order valence-corrected chi connectivity index (χ2v) is 8.61. The maximum absolute atomic E-state index is 12.0. The average Bonchev–Trinajstić information content (AvgIpc) is 3.27. The van der Waals surface area contributed by atoms with Crippen LogP contribution >= 0.6 is 0 Å². The molecule has 0 unspecified atom stereocenters. The number of aromatic nitrogens is 1. The van der Waals surface area contributed by atoms with E-state index in [0.717, 1.165) is 67.4 Å². The quantitative estimate of drug-likeness (QED) is 0.573. The van der Waals surface area contributed by atoms with Crippen molar-refractivity contribution in [1.29, 1.82) is 0 Å². The Bertz CT molecular complexity index is 1160. The number of piperazine rings is 1. The van der Waals surface area contributed by atoms with Gasteiger partial charge < -0.3 is 14.4 Å². The summed E-state index contributed by atoms with van der Waals surface area (Å²) >= 11 is 0. The molecule has 3 aromatic rings. The highest BCUT2D eigenvalue weighted by atomic mass is 16.6. The molecular formula is C26H30N4O3. The molecular weight excluding hydrogens is 416 g/mol. The van der Waals surface area contributed by atoms with Gasteiger partial charge in [0.1, 0.15) is 12.4 Å². The maximum atomic E-state index is 12.0. The van der Waals surface area contributed by atoms with Gasteiger partial charge in [0.2, 0.25) is 0 Å². The summed E-state index contributed by atoms with van der Waals surface area (Å²) in [5.74, 6) is 0.772. The Hall–Kier alpha value is -3.32. The van der Waals surface area contributed by atoms with Crippen molar-refractivity contribution in [2.24, 2.45) is 0 Å². The van der Waals surface area contributed by atoms with Crippen LogP contribution in [0.5, 0.6) is 5.75 Å². The number of ether oxygens (including phenoxy) is 2. The lowest BCUT2D eigenvalue weighted by molar-refractivity contribution is 0.181. The van der Waals surface area contributed by atoms with E-state index in [1.54, 1.807) is 12.0 Å². The minimum absolute atomic E-state index is 0.305. The minimum Gasteiger partial charge on any atom is -0.494 e. The summed E-state index contributed by atoms with van der Waals surface area (Å²) in [4.78, 5) is 23.3. The van der Waals surface area contributed by atoms with E-state index in [0.29, 0.717) is 13.2 Å². The SMILES string of the molecule is COc1c(CCN2CCN(c3cccc4nc(C)ccc34)CC2)cccc1N1CCOC1=O. The topological polar surface area (TPSA) is 58.1 Å². The van der Waals surface area contributed by atoms with Gasteiger partial charge in [-0.15, -0.1) is 0 Å². The number of aryl methyl sites for hydroxylation is 1. The molecule has 33 heavy (non-hydrogen) atoms. The van der Waals surface area contributed by atoms with E-state index in [9.17, 15) is 4.79 Å². The predicted molar refractivity (Wildman–Crippen MR) is 131 cm³/mol. The minimum atomic E-state index is -0.305. The van der Waals surface area contributed by atoms with Crippen LogP contribution in [0.15, 0.2) is 48.5 Å². The van der Waals surface area contributed by atoms with E-state index in [2.05, 4.69) is 51.2 Å². The molecule has 172 valence electrons. The van der Waals surface area contributed by atoms with Gasteiger partial charge in [0.15, 0.2) is 0 Å². The van der Waals surface area contributed by atoms with Crippen molar-refractivity contribution in [2.75, 3.05) is 62.8 Å². The fourth-order valence-corrected chi connectivity index (χ4v) is 4.84. The molecule has 5 rings (SSSR count). The van der Waals surface area contributed by atoms with Crippen molar-refractivity contribution in [3.05, 3.63) is 59.8 Å². The first-order chi connectivity index (χ1) is 16.1. The van der Waals surface area contributed by atoms with Gasteiger partial charge in [-0.3, -0.25) is 14.8 Å². The number of fused-ring (bicyclic) bond motifs is 1. The van der Waals surface area contributed by atoms with Crippen LogP contribution in [0, 0.1) is 6.92 Å². The van der Waals surface area contributed by atoms with Crippen molar-refractivity contribution < 1.29 is 14.3 Å². The van der Waals surface area contributed by atoms with Crippen LogP contribution in [0.2, 0.25) is 0 Å². The smallest absolute Gasteiger partial charge is 0.414 e. The first kappa shape index (κ1) is 21.5. The molecule has 2 fully saturated rings. The fraction of sp³-hybridized carbons (Fsp3) is 0.385. The maximum Gasteiger partial charge on any atom is 0.414 e. The Kier molecular flexibility index (Phi) is 6.05. The zero-order valence-electron chi connectivity index (χ0n) is 19.3. The molecule has 1 aromatic heterocycles. The molecule has 2 aliphatic rings. The Morgan fingerprint density at radius 3 is 2.52 bits per heavy atom. The summed E-state index contributed by atoms with van der Waals surface area (Å²) in [7, 11) is 1.67. The van der Waals surface area contributed by atoms with Gasteiger partial charge in [0, 0.05) is 49.5 Å². The van der Waals surface area contributed by atoms with E-state index >= 15 is 0 Å². The van der Waals surface area contributed by atoms with Crippen molar-refractivity contribution in [2.45, 2.75) is 13.3 Å². The monoisotopic (exact) mass is 446 g/mol. The number of nitrogens with zero attached hydrogens (tertiary/aromatic N) is 4. The number of cyclic esters (lactones) is 1. The highest BCUT2D eigenvalue weighted by Crippen LogP contribution is 2.34. The van der Waals surface area contributed by atoms with Crippen LogP contribution in [0.3, 0.4) is 0 Å². The number of rotatable bonds is 6. The molecule has 0 spiro atoms. The Balaban J connectivity index is 1.23. The largest absolute Gasteiger partial charge is 0.494 e. The molecule has 3 heterocycles. The van der Waals surface area contributed by atoms with E-state index in [1.807, 2.05) is 19.1 Å². The lowest BCUT2D eigenvalue weighted by atomic mass is 10.1. The predicted octanol–water partition coefficient (Wildman–Crippen LogP) is 3.87. The number of methoxy groups -OCH3 is 1. The zero-order chi connectivity index (χ0) is 22.8. The second kappa shape index (κ2) is 9.27. The standard InChI is InChI=1S/C26H30N4O3/c1-19-9-10-21-22(27-19)6-4-7-23(21)29-15-13-28(14-16-29)12-11-20-5-3-8-24(25(20)32-2)30-17-18-33-26(30)31/h3-10H,11-18H2,1-2H3. The Labute approximate surface area is 194 Å². The molecule has 2 aromatic carbocycles. The molecule has 0 N–H and O–H groups in total. The van der Waals surface area contributed by atoms with E-state index in [1.165, 1.54) is 11.1 Å². The number of carbonyl (C=O) groups is 1. The van der Waals surface area contributed by atoms with Crippen LogP contribution in [0.25, 0.3) is 10.9 Å². The number of benzene rings is 2. The summed E-state index contributed by atoms with van der Waals surface area (Å²) in [6.45, 7) is 7.97. The third-order valence-electron chi connectivity index (χ3n) is 6.59. The van der Waals surface area contributed by atoms with Crippen molar-refractivity contribution in [3.8, 4) is 5.75 Å². The number of hydrogen-bond acceptors (Lipinski definition) is 6. The molecule has 2 aliphatic heterocycles. The highest BCUT2D eigenvalue weighted by Gasteiger charge is 2.27. The highest BCUT2D eigenvalue weighted by molar-refractivity contribution is 5.92. The van der Waals surface area contributed by atoms with Crippen molar-refractivity contribution in [3.63, 3.8) is 0 Å². The van der Waals surface area contributed by atoms with Gasteiger partial charge in [-0.1, -0.05) is 18.2 Å². The van der Waals surface area contributed by atoms with Gasteiger partial charge in [-0.2, -0.15) is 0 Å². The van der Waals surface area contributed by atoms with E-state index in [-0.39, 0.29) is 6.09 Å². The average molecular weight is 447 g/mol. The Morgan fingerprint density at radius 2 is 1.76 bits per heavy atom. The zero-order valence-corrected chi connectivity index (χ0v) is 19.3. The molecule has 2 saturated heterocycles. The third kappa shape index (κ3) is 4.33. The first-order valence-electron chi connectivity index (χ1n) is 11.6. The molecule has 0 saturated carbocycles. The molecule has 7 heteroatoms. The number of amides is 1. The third-order valence-corrected chi connectivity index (χ3v) is 6.59. The molecule has 0 aliphatic carbocycles. The lowest BCUT2D eigenvalue weighted by Gasteiger charge is -2.36. The van der Waals surface area contributed by atoms with E-state index in [4.69, 9.17) is 9.47 Å². The van der Waals surface area contributed by atoms with Gasteiger partial charge in [0.25, 0.3) is 0 Å². The molecule has 0 bridgehead atoms. The van der Waals surface area contributed by atoms with Crippen LogP contribution in [0.4, 0.5) is 16.2 Å². The van der Waals surface area contributed by atoms with Gasteiger partial charge in [-0.25, -0.2) is 4.79 Å². The summed E-state index contributed by atoms with van der Waals surface area (Å²) in [5.41, 5.74) is 5.29. The number of carbonyl (C=O) groups excluding carboxylic acids is 1. The van der Waals surface area contributed by atoms with E-state index < -0.39 is 0 Å². The molecule has 7 nitrogen and oxygen atoms in total. The van der Waals surface area contributed by atoms with Crippen molar-refractivity contribution in [1.82, 2.24) is 9.88 Å². The normalized spacial score (nSPS) is 17.0. The summed E-state index contributed by atoms with van der Waals surface area (Å²) in [5, 5.41) is 1.22. The van der Waals surface area contributed by atoms with Crippen molar-refractivity contribution >= 4 is 28.4 Å². The molecule has 0 atom stereocenters. The summed E-state index contributed by atoms with van der Waals surface area (Å²) in [6, 6.07) is 16.7. The van der Waals surface area contributed by atoms with Crippen LogP contribution in [-0.2, 0) is 11.2 Å². The first-order valence-corrected chi connectivity index (χ1v) is 11.6.